The van der Waals surface area contributed by atoms with Crippen LogP contribution in [0.5, 0.6) is 5.75 Å². The first kappa shape index (κ1) is 19.8. The van der Waals surface area contributed by atoms with Crippen LogP contribution in [0.1, 0.15) is 18.4 Å². The van der Waals surface area contributed by atoms with E-state index in [2.05, 4.69) is 5.32 Å². The molecule has 28 heavy (non-hydrogen) atoms. The van der Waals surface area contributed by atoms with Crippen LogP contribution in [0.4, 0.5) is 11.4 Å². The van der Waals surface area contributed by atoms with Gasteiger partial charge in [-0.2, -0.15) is 0 Å². The second-order valence-corrected chi connectivity index (χ2v) is 6.79. The fraction of sp³-hybridized carbons (Fsp3) is 0.350. The van der Waals surface area contributed by atoms with Gasteiger partial charge in [-0.3, -0.25) is 19.8 Å². The molecule has 1 fully saturated rings. The molecule has 2 aromatic rings. The van der Waals surface area contributed by atoms with E-state index in [4.69, 9.17) is 10.5 Å². The van der Waals surface area contributed by atoms with E-state index in [1.807, 2.05) is 35.2 Å². The number of hydrogen-bond acceptors (Lipinski definition) is 6. The van der Waals surface area contributed by atoms with Crippen molar-refractivity contribution in [2.45, 2.75) is 18.9 Å². The molecule has 8 nitrogen and oxygen atoms in total. The molecule has 0 bridgehead atoms. The number of anilines is 1. The normalized spacial score (nSPS) is 19.4. The van der Waals surface area contributed by atoms with E-state index in [0.29, 0.717) is 25.4 Å². The number of carbonyl (C=O) groups is 1. The number of nitro benzene ring substituents is 1. The smallest absolute Gasteiger partial charge is 0.296 e. The first-order valence-electron chi connectivity index (χ1n) is 9.22. The van der Waals surface area contributed by atoms with Gasteiger partial charge < -0.3 is 15.8 Å². The summed E-state index contributed by atoms with van der Waals surface area (Å²) in [5, 5.41) is 14.0. The van der Waals surface area contributed by atoms with Gasteiger partial charge in [0, 0.05) is 25.0 Å². The molecule has 3 rings (SSSR count). The summed E-state index contributed by atoms with van der Waals surface area (Å²) in [6, 6.07) is 14.3. The van der Waals surface area contributed by atoms with Gasteiger partial charge >= 0.3 is 0 Å². The third-order valence-corrected chi connectivity index (χ3v) is 4.79. The van der Waals surface area contributed by atoms with Crippen LogP contribution < -0.4 is 15.8 Å². The molecule has 1 amide bonds. The fourth-order valence-corrected chi connectivity index (χ4v) is 3.51. The van der Waals surface area contributed by atoms with Crippen LogP contribution in [0.25, 0.3) is 0 Å². The van der Waals surface area contributed by atoms with Gasteiger partial charge in [0.1, 0.15) is 11.4 Å². The largest absolute Gasteiger partial charge is 0.494 e. The summed E-state index contributed by atoms with van der Waals surface area (Å²) in [5.74, 6) is 0.241. The number of nitrogens with one attached hydrogen (secondary N) is 1. The van der Waals surface area contributed by atoms with Gasteiger partial charge in [0.2, 0.25) is 5.91 Å². The zero-order valence-corrected chi connectivity index (χ0v) is 15.7. The molecule has 0 unspecified atom stereocenters. The monoisotopic (exact) mass is 384 g/mol. The van der Waals surface area contributed by atoms with Gasteiger partial charge in [0.05, 0.1) is 24.1 Å². The Morgan fingerprint density at radius 3 is 2.71 bits per heavy atom. The first-order chi connectivity index (χ1) is 13.5. The zero-order chi connectivity index (χ0) is 20.1. The number of likely N-dealkylation sites (tertiary alicyclic amines) is 1. The maximum Gasteiger partial charge on any atom is 0.296 e. The molecule has 8 heteroatoms. The first-order valence-corrected chi connectivity index (χ1v) is 9.22. The highest BCUT2D eigenvalue weighted by atomic mass is 16.6. The molecule has 3 N–H and O–H groups in total. The van der Waals surface area contributed by atoms with Gasteiger partial charge in [0.25, 0.3) is 5.69 Å². The summed E-state index contributed by atoms with van der Waals surface area (Å²) in [4.78, 5) is 25.2. The molecule has 0 spiro atoms. The van der Waals surface area contributed by atoms with Crippen LogP contribution in [0.15, 0.2) is 48.5 Å². The highest BCUT2D eigenvalue weighted by Crippen LogP contribution is 2.30. The van der Waals surface area contributed by atoms with Gasteiger partial charge in [-0.15, -0.1) is 0 Å². The quantitative estimate of drug-likeness (QED) is 0.560. The number of carbonyl (C=O) groups excluding carboxylic acids is 1. The number of nitrogens with zero attached hydrogens (tertiary/aromatic N) is 2. The third kappa shape index (κ3) is 4.65. The highest BCUT2D eigenvalue weighted by Gasteiger charge is 2.32. The minimum atomic E-state index is -0.532. The van der Waals surface area contributed by atoms with Crippen LogP contribution in [0.2, 0.25) is 0 Å². The topological polar surface area (TPSA) is 111 Å². The van der Waals surface area contributed by atoms with Crippen molar-refractivity contribution in [3.05, 3.63) is 64.2 Å². The molecule has 0 aromatic heterocycles. The predicted octanol–water partition coefficient (Wildman–Crippen LogP) is 2.36. The Balaban J connectivity index is 1.64. The zero-order valence-electron chi connectivity index (χ0n) is 15.7. The standard InChI is InChI=1S/C20H24N4O4/c1-2-28-15-8-9-18(19(10-15)24(26)27)22-20(25)13-23-11-16(17(21)12-23)14-6-4-3-5-7-14/h3-10,16-17H,2,11-13,21H2,1H3,(H,22,25)/t16-,17+/m0/s1. The number of ether oxygens (including phenoxy) is 1. The average molecular weight is 384 g/mol. The number of hydrogen-bond donors (Lipinski definition) is 2. The second kappa shape index (κ2) is 8.81. The van der Waals surface area contributed by atoms with Crippen LogP contribution in [-0.2, 0) is 4.79 Å². The second-order valence-electron chi connectivity index (χ2n) is 6.79. The Morgan fingerprint density at radius 1 is 1.29 bits per heavy atom. The molecule has 1 saturated heterocycles. The Bertz CT molecular complexity index is 843. The predicted molar refractivity (Wildman–Crippen MR) is 106 cm³/mol. The average Bonchev–Trinajstić information content (AvgIpc) is 3.03. The molecule has 148 valence electrons. The van der Waals surface area contributed by atoms with Gasteiger partial charge in [-0.1, -0.05) is 30.3 Å². The van der Waals surface area contributed by atoms with E-state index in [1.165, 1.54) is 12.1 Å². The Morgan fingerprint density at radius 2 is 2.04 bits per heavy atom. The summed E-state index contributed by atoms with van der Waals surface area (Å²) in [6.45, 7) is 3.59. The maximum absolute atomic E-state index is 12.5. The highest BCUT2D eigenvalue weighted by molar-refractivity contribution is 5.94. The van der Waals surface area contributed by atoms with Crippen molar-refractivity contribution in [1.29, 1.82) is 0 Å². The number of benzene rings is 2. The number of nitro groups is 1. The SMILES string of the molecule is CCOc1ccc(NC(=O)CN2C[C@@H](N)[C@H](c3ccccc3)C2)c([N+](=O)[O-])c1. The lowest BCUT2D eigenvalue weighted by atomic mass is 9.95. The summed E-state index contributed by atoms with van der Waals surface area (Å²) in [5.41, 5.74) is 7.37. The molecule has 1 heterocycles. The molecule has 0 saturated carbocycles. The molecule has 1 aliphatic rings. The van der Waals surface area contributed by atoms with E-state index in [0.717, 1.165) is 5.56 Å². The maximum atomic E-state index is 12.5. The van der Waals surface area contributed by atoms with Crippen LogP contribution in [0.3, 0.4) is 0 Å². The molecule has 0 radical (unpaired) electrons. The number of rotatable bonds is 7. The van der Waals surface area contributed by atoms with E-state index < -0.39 is 4.92 Å². The summed E-state index contributed by atoms with van der Waals surface area (Å²) in [6.07, 6.45) is 0. The number of amides is 1. The third-order valence-electron chi connectivity index (χ3n) is 4.79. The summed E-state index contributed by atoms with van der Waals surface area (Å²) in [7, 11) is 0. The molecule has 0 aliphatic carbocycles. The van der Waals surface area contributed by atoms with Gasteiger partial charge in [0.15, 0.2) is 0 Å². The molecular weight excluding hydrogens is 360 g/mol. The molecule has 2 aromatic carbocycles. The fourth-order valence-electron chi connectivity index (χ4n) is 3.51. The van der Waals surface area contributed by atoms with Crippen molar-refractivity contribution in [2.24, 2.45) is 5.73 Å². The van der Waals surface area contributed by atoms with Crippen molar-refractivity contribution in [3.8, 4) is 5.75 Å². The Hall–Kier alpha value is -2.97. The van der Waals surface area contributed by atoms with E-state index in [-0.39, 0.29) is 35.8 Å². The van der Waals surface area contributed by atoms with Gasteiger partial charge in [-0.25, -0.2) is 0 Å². The molecule has 2 atom stereocenters. The van der Waals surface area contributed by atoms with Gasteiger partial charge in [-0.05, 0) is 24.6 Å². The summed E-state index contributed by atoms with van der Waals surface area (Å²) >= 11 is 0. The minimum absolute atomic E-state index is 0.0602. The van der Waals surface area contributed by atoms with E-state index in [1.54, 1.807) is 13.0 Å². The van der Waals surface area contributed by atoms with E-state index >= 15 is 0 Å². The molecular formula is C20H24N4O4. The Kier molecular flexibility index (Phi) is 6.23. The van der Waals surface area contributed by atoms with Crippen molar-refractivity contribution in [3.63, 3.8) is 0 Å². The summed E-state index contributed by atoms with van der Waals surface area (Å²) < 4.78 is 5.29. The van der Waals surface area contributed by atoms with Crippen molar-refractivity contribution in [2.75, 3.05) is 31.6 Å². The van der Waals surface area contributed by atoms with Crippen molar-refractivity contribution < 1.29 is 14.5 Å². The molecule has 1 aliphatic heterocycles. The van der Waals surface area contributed by atoms with Crippen LogP contribution in [-0.4, -0.2) is 48.0 Å². The lowest BCUT2D eigenvalue weighted by molar-refractivity contribution is -0.384. The lowest BCUT2D eigenvalue weighted by Gasteiger charge is -2.16. The lowest BCUT2D eigenvalue weighted by Crippen LogP contribution is -2.33. The van der Waals surface area contributed by atoms with Crippen LogP contribution in [0, 0.1) is 10.1 Å². The van der Waals surface area contributed by atoms with Crippen molar-refractivity contribution in [1.82, 2.24) is 4.90 Å². The van der Waals surface area contributed by atoms with E-state index in [9.17, 15) is 14.9 Å². The van der Waals surface area contributed by atoms with Crippen molar-refractivity contribution >= 4 is 17.3 Å². The Labute approximate surface area is 163 Å². The number of nitrogens with two attached hydrogens (primary N) is 1. The van der Waals surface area contributed by atoms with Crippen LogP contribution >= 0.6 is 0 Å². The minimum Gasteiger partial charge on any atom is -0.494 e.